The van der Waals surface area contributed by atoms with Crippen LogP contribution < -0.4 is 10.1 Å². The van der Waals surface area contributed by atoms with E-state index in [1.54, 1.807) is 13.2 Å². The molecule has 2 aromatic carbocycles. The fraction of sp³-hybridized carbons (Fsp3) is 0.273. The number of benzene rings is 2. The molecule has 6 heteroatoms. The summed E-state index contributed by atoms with van der Waals surface area (Å²) in [6, 6.07) is 19.1. The number of hydrogen-bond acceptors (Lipinski definition) is 5. The highest BCUT2D eigenvalue weighted by Crippen LogP contribution is 2.29. The van der Waals surface area contributed by atoms with Crippen molar-refractivity contribution >= 4 is 5.91 Å². The van der Waals surface area contributed by atoms with E-state index in [0.717, 1.165) is 11.1 Å². The Labute approximate surface area is 164 Å². The standard InChI is InChI=1S/C22H24N2O4/c1-16(17-9-4-3-5-10-17)27-14-8-13-23-22(25)19-15-21(28-24-19)18-11-6-7-12-20(18)26-2/h3-7,9-12,15-16H,8,13-14H2,1-2H3,(H,23,25). The van der Waals surface area contributed by atoms with Gasteiger partial charge in [-0.3, -0.25) is 4.79 Å². The third-order valence-corrected chi connectivity index (χ3v) is 4.36. The number of methoxy groups -OCH3 is 1. The minimum atomic E-state index is -0.277. The molecule has 0 fully saturated rings. The Hall–Kier alpha value is -3.12. The van der Waals surface area contributed by atoms with Crippen LogP contribution in [0.1, 0.15) is 35.5 Å². The van der Waals surface area contributed by atoms with Crippen molar-refractivity contribution in [3.8, 4) is 17.1 Å². The van der Waals surface area contributed by atoms with Crippen molar-refractivity contribution in [2.75, 3.05) is 20.3 Å². The molecule has 1 atom stereocenters. The molecule has 3 rings (SSSR count). The lowest BCUT2D eigenvalue weighted by molar-refractivity contribution is 0.0634. The number of carbonyl (C=O) groups is 1. The van der Waals surface area contributed by atoms with E-state index in [2.05, 4.69) is 10.5 Å². The van der Waals surface area contributed by atoms with E-state index in [-0.39, 0.29) is 17.7 Å². The number of rotatable bonds is 9. The molecule has 6 nitrogen and oxygen atoms in total. The highest BCUT2D eigenvalue weighted by molar-refractivity contribution is 5.93. The van der Waals surface area contributed by atoms with Gasteiger partial charge in [0.2, 0.25) is 0 Å². The third kappa shape index (κ3) is 4.98. The maximum Gasteiger partial charge on any atom is 0.273 e. The van der Waals surface area contributed by atoms with E-state index in [9.17, 15) is 4.79 Å². The molecule has 0 aliphatic rings. The average Bonchev–Trinajstić information content (AvgIpc) is 3.24. The fourth-order valence-corrected chi connectivity index (χ4v) is 2.80. The number of hydrogen-bond donors (Lipinski definition) is 1. The van der Waals surface area contributed by atoms with Crippen LogP contribution in [-0.4, -0.2) is 31.3 Å². The minimum absolute atomic E-state index is 0.0239. The van der Waals surface area contributed by atoms with E-state index in [1.807, 2.05) is 61.5 Å². The first-order valence-electron chi connectivity index (χ1n) is 9.24. The SMILES string of the molecule is COc1ccccc1-c1cc(C(=O)NCCCOC(C)c2ccccc2)no1. The Morgan fingerprint density at radius 3 is 2.68 bits per heavy atom. The number of carbonyl (C=O) groups excluding carboxylic acids is 1. The summed E-state index contributed by atoms with van der Waals surface area (Å²) < 4.78 is 16.4. The second-order valence-electron chi connectivity index (χ2n) is 6.31. The lowest BCUT2D eigenvalue weighted by Crippen LogP contribution is -2.25. The lowest BCUT2D eigenvalue weighted by atomic mass is 10.1. The smallest absolute Gasteiger partial charge is 0.273 e. The second kappa shape index (κ2) is 9.71. The summed E-state index contributed by atoms with van der Waals surface area (Å²) in [5, 5.41) is 6.69. The van der Waals surface area contributed by atoms with Crippen LogP contribution in [-0.2, 0) is 4.74 Å². The normalized spacial score (nSPS) is 11.8. The highest BCUT2D eigenvalue weighted by atomic mass is 16.5. The molecule has 146 valence electrons. The molecule has 0 spiro atoms. The number of nitrogens with one attached hydrogen (secondary N) is 1. The molecule has 0 radical (unpaired) electrons. The summed E-state index contributed by atoms with van der Waals surface area (Å²) in [7, 11) is 1.59. The van der Waals surface area contributed by atoms with Gasteiger partial charge in [0.25, 0.3) is 5.91 Å². The fourth-order valence-electron chi connectivity index (χ4n) is 2.80. The van der Waals surface area contributed by atoms with E-state index >= 15 is 0 Å². The summed E-state index contributed by atoms with van der Waals surface area (Å²) in [5.74, 6) is 0.874. The first kappa shape index (κ1) is 19.6. The zero-order valence-corrected chi connectivity index (χ0v) is 16.1. The molecule has 0 aliphatic carbocycles. The van der Waals surface area contributed by atoms with Gasteiger partial charge in [-0.1, -0.05) is 47.6 Å². The van der Waals surface area contributed by atoms with Crippen LogP contribution in [0.4, 0.5) is 0 Å². The average molecular weight is 380 g/mol. The summed E-state index contributed by atoms with van der Waals surface area (Å²) >= 11 is 0. The van der Waals surface area contributed by atoms with Crippen molar-refractivity contribution in [1.29, 1.82) is 0 Å². The zero-order chi connectivity index (χ0) is 19.8. The van der Waals surface area contributed by atoms with Crippen LogP contribution in [0.2, 0.25) is 0 Å². The lowest BCUT2D eigenvalue weighted by Gasteiger charge is -2.13. The third-order valence-electron chi connectivity index (χ3n) is 4.36. The first-order chi connectivity index (χ1) is 13.7. The van der Waals surface area contributed by atoms with Crippen LogP contribution in [0.3, 0.4) is 0 Å². The van der Waals surface area contributed by atoms with Crippen molar-refractivity contribution in [1.82, 2.24) is 10.5 Å². The molecule has 1 unspecified atom stereocenters. The number of amides is 1. The molecule has 0 saturated carbocycles. The Bertz CT molecular complexity index is 892. The maximum absolute atomic E-state index is 12.3. The Kier molecular flexibility index (Phi) is 6.81. The Morgan fingerprint density at radius 1 is 1.14 bits per heavy atom. The van der Waals surface area contributed by atoms with Crippen LogP contribution in [0, 0.1) is 0 Å². The van der Waals surface area contributed by atoms with Gasteiger partial charge in [-0.2, -0.15) is 0 Å². The minimum Gasteiger partial charge on any atom is -0.496 e. The topological polar surface area (TPSA) is 73.6 Å². The van der Waals surface area contributed by atoms with Gasteiger partial charge >= 0.3 is 0 Å². The summed E-state index contributed by atoms with van der Waals surface area (Å²) in [6.45, 7) is 3.07. The number of aromatic nitrogens is 1. The monoisotopic (exact) mass is 380 g/mol. The largest absolute Gasteiger partial charge is 0.496 e. The molecular formula is C22H24N2O4. The van der Waals surface area contributed by atoms with Crippen molar-refractivity contribution in [3.63, 3.8) is 0 Å². The van der Waals surface area contributed by atoms with Crippen molar-refractivity contribution in [3.05, 3.63) is 71.9 Å². The van der Waals surface area contributed by atoms with Gasteiger partial charge in [-0.15, -0.1) is 0 Å². The summed E-state index contributed by atoms with van der Waals surface area (Å²) in [6.07, 6.45) is 0.732. The highest BCUT2D eigenvalue weighted by Gasteiger charge is 2.15. The predicted molar refractivity (Wildman–Crippen MR) is 106 cm³/mol. The molecule has 1 heterocycles. The molecule has 0 bridgehead atoms. The van der Waals surface area contributed by atoms with E-state index in [1.165, 1.54) is 0 Å². The van der Waals surface area contributed by atoms with Gasteiger partial charge in [0.1, 0.15) is 5.75 Å². The molecule has 3 aromatic rings. The summed E-state index contributed by atoms with van der Waals surface area (Å²) in [5.41, 5.74) is 2.12. The van der Waals surface area contributed by atoms with E-state index in [0.29, 0.717) is 31.1 Å². The van der Waals surface area contributed by atoms with Crippen LogP contribution in [0.15, 0.2) is 65.2 Å². The van der Waals surface area contributed by atoms with Crippen molar-refractivity contribution < 1.29 is 18.8 Å². The molecule has 28 heavy (non-hydrogen) atoms. The zero-order valence-electron chi connectivity index (χ0n) is 16.1. The molecular weight excluding hydrogens is 356 g/mol. The van der Waals surface area contributed by atoms with Gasteiger partial charge in [-0.05, 0) is 31.0 Å². The van der Waals surface area contributed by atoms with E-state index < -0.39 is 0 Å². The quantitative estimate of drug-likeness (QED) is 0.562. The van der Waals surface area contributed by atoms with Crippen molar-refractivity contribution in [2.24, 2.45) is 0 Å². The summed E-state index contributed by atoms with van der Waals surface area (Å²) in [4.78, 5) is 12.3. The van der Waals surface area contributed by atoms with Gasteiger partial charge in [0, 0.05) is 19.2 Å². The van der Waals surface area contributed by atoms with Crippen LogP contribution >= 0.6 is 0 Å². The first-order valence-corrected chi connectivity index (χ1v) is 9.24. The predicted octanol–water partition coefficient (Wildman–Crippen LogP) is 4.25. The number of nitrogens with zero attached hydrogens (tertiary/aromatic N) is 1. The molecule has 1 aromatic heterocycles. The second-order valence-corrected chi connectivity index (χ2v) is 6.31. The van der Waals surface area contributed by atoms with Gasteiger partial charge in [0.05, 0.1) is 18.8 Å². The Morgan fingerprint density at radius 2 is 1.89 bits per heavy atom. The Balaban J connectivity index is 1.45. The van der Waals surface area contributed by atoms with Crippen LogP contribution in [0.25, 0.3) is 11.3 Å². The maximum atomic E-state index is 12.3. The van der Waals surface area contributed by atoms with Gasteiger partial charge < -0.3 is 19.3 Å². The van der Waals surface area contributed by atoms with Gasteiger partial charge in [-0.25, -0.2) is 0 Å². The van der Waals surface area contributed by atoms with Gasteiger partial charge in [0.15, 0.2) is 11.5 Å². The number of para-hydroxylation sites is 1. The van der Waals surface area contributed by atoms with E-state index in [4.69, 9.17) is 14.0 Å². The molecule has 0 aliphatic heterocycles. The molecule has 1 amide bonds. The van der Waals surface area contributed by atoms with Crippen LogP contribution in [0.5, 0.6) is 5.75 Å². The molecule has 0 saturated heterocycles. The molecule has 1 N–H and O–H groups in total. The van der Waals surface area contributed by atoms with Crippen molar-refractivity contribution in [2.45, 2.75) is 19.4 Å². The number of ether oxygens (including phenoxy) is 2.